The summed E-state index contributed by atoms with van der Waals surface area (Å²) in [7, 11) is 0. The van der Waals surface area contributed by atoms with Crippen molar-refractivity contribution in [3.05, 3.63) is 22.6 Å². The molecule has 2 rings (SSSR count). The van der Waals surface area contributed by atoms with Crippen molar-refractivity contribution in [2.45, 2.75) is 18.5 Å². The third-order valence-electron chi connectivity index (χ3n) is 2.86. The molecule has 2 heterocycles. The summed E-state index contributed by atoms with van der Waals surface area (Å²) in [5.74, 6) is -0.136. The lowest BCUT2D eigenvalue weighted by molar-refractivity contribution is -0.142. The lowest BCUT2D eigenvalue weighted by Crippen LogP contribution is -2.50. The van der Waals surface area contributed by atoms with E-state index in [1.165, 1.54) is 0 Å². The zero-order valence-electron chi connectivity index (χ0n) is 8.65. The Labute approximate surface area is 101 Å². The van der Waals surface area contributed by atoms with Crippen molar-refractivity contribution in [1.82, 2.24) is 4.90 Å². The molecule has 1 saturated heterocycles. The smallest absolute Gasteiger partial charge is 0.325 e. The Morgan fingerprint density at radius 2 is 2.50 bits per heavy atom. The molecule has 0 aromatic carbocycles. The monoisotopic (exact) mass is 288 g/mol. The summed E-state index contributed by atoms with van der Waals surface area (Å²) in [6, 6.07) is 1.82. The van der Waals surface area contributed by atoms with E-state index in [4.69, 9.17) is 15.3 Å². The third-order valence-corrected chi connectivity index (χ3v) is 3.57. The number of hydrogen-bond acceptors (Lipinski definition) is 4. The van der Waals surface area contributed by atoms with Crippen LogP contribution in [0.2, 0.25) is 0 Å². The maximum absolute atomic E-state index is 11.0. The van der Waals surface area contributed by atoms with Gasteiger partial charge in [-0.15, -0.1) is 0 Å². The molecular weight excluding hydrogens is 276 g/mol. The number of carboxylic acids is 1. The van der Waals surface area contributed by atoms with Gasteiger partial charge in [-0.25, -0.2) is 0 Å². The summed E-state index contributed by atoms with van der Waals surface area (Å²) in [4.78, 5) is 12.9. The minimum atomic E-state index is -1.11. The summed E-state index contributed by atoms with van der Waals surface area (Å²) < 4.78 is 6.18. The van der Waals surface area contributed by atoms with Gasteiger partial charge in [0.15, 0.2) is 0 Å². The molecule has 16 heavy (non-hydrogen) atoms. The molecule has 5 nitrogen and oxygen atoms in total. The molecule has 3 N–H and O–H groups in total. The van der Waals surface area contributed by atoms with Crippen molar-refractivity contribution in [2.75, 3.05) is 13.1 Å². The quantitative estimate of drug-likeness (QED) is 0.868. The molecule has 0 spiro atoms. The third kappa shape index (κ3) is 2.14. The molecule has 1 aromatic heterocycles. The normalized spacial score (nSPS) is 26.1. The highest BCUT2D eigenvalue weighted by atomic mass is 79.9. The van der Waals surface area contributed by atoms with Gasteiger partial charge in [0.25, 0.3) is 0 Å². The van der Waals surface area contributed by atoms with Crippen LogP contribution in [0.5, 0.6) is 0 Å². The minimum absolute atomic E-state index is 0.357. The number of hydrogen-bond donors (Lipinski definition) is 2. The number of rotatable bonds is 3. The second-order valence-electron chi connectivity index (χ2n) is 4.11. The fourth-order valence-corrected chi connectivity index (χ4v) is 2.19. The Bertz CT molecular complexity index is 407. The summed E-state index contributed by atoms with van der Waals surface area (Å²) in [6.45, 7) is 1.62. The maximum Gasteiger partial charge on any atom is 0.325 e. The van der Waals surface area contributed by atoms with Crippen LogP contribution in [0.15, 0.2) is 21.2 Å². The highest BCUT2D eigenvalue weighted by molar-refractivity contribution is 9.10. The van der Waals surface area contributed by atoms with Gasteiger partial charge in [0.1, 0.15) is 11.3 Å². The summed E-state index contributed by atoms with van der Waals surface area (Å²) in [6.07, 6.45) is 2.07. The van der Waals surface area contributed by atoms with Gasteiger partial charge in [0.05, 0.1) is 17.3 Å². The predicted octanol–water partition coefficient (Wildman–Crippen LogP) is 1.03. The van der Waals surface area contributed by atoms with Crippen LogP contribution >= 0.6 is 15.9 Å². The molecule has 1 fully saturated rings. The van der Waals surface area contributed by atoms with E-state index in [2.05, 4.69) is 15.9 Å². The Morgan fingerprint density at radius 1 is 1.75 bits per heavy atom. The van der Waals surface area contributed by atoms with Crippen LogP contribution in [0.4, 0.5) is 0 Å². The average Bonchev–Trinajstić information content (AvgIpc) is 2.77. The van der Waals surface area contributed by atoms with Gasteiger partial charge in [0, 0.05) is 13.1 Å². The van der Waals surface area contributed by atoms with Crippen molar-refractivity contribution in [2.24, 2.45) is 5.73 Å². The van der Waals surface area contributed by atoms with Crippen molar-refractivity contribution >= 4 is 21.9 Å². The van der Waals surface area contributed by atoms with Crippen molar-refractivity contribution in [3.63, 3.8) is 0 Å². The summed E-state index contributed by atoms with van der Waals surface area (Å²) in [5, 5.41) is 8.99. The van der Waals surface area contributed by atoms with E-state index < -0.39 is 11.5 Å². The Morgan fingerprint density at radius 3 is 3.00 bits per heavy atom. The van der Waals surface area contributed by atoms with E-state index >= 15 is 0 Å². The van der Waals surface area contributed by atoms with E-state index in [0.29, 0.717) is 26.1 Å². The second kappa shape index (κ2) is 4.20. The molecule has 1 unspecified atom stereocenters. The zero-order chi connectivity index (χ0) is 11.8. The first-order valence-corrected chi connectivity index (χ1v) is 5.77. The van der Waals surface area contributed by atoms with Gasteiger partial charge in [-0.3, -0.25) is 9.69 Å². The maximum atomic E-state index is 11.0. The molecule has 0 radical (unpaired) electrons. The number of likely N-dealkylation sites (tertiary alicyclic amines) is 1. The molecule has 1 atom stereocenters. The van der Waals surface area contributed by atoms with Crippen molar-refractivity contribution in [3.8, 4) is 0 Å². The molecular formula is C10H13BrN2O3. The van der Waals surface area contributed by atoms with Crippen LogP contribution in [0.25, 0.3) is 0 Å². The lowest BCUT2D eigenvalue weighted by Gasteiger charge is -2.19. The molecule has 0 amide bonds. The number of aliphatic carboxylic acids is 1. The van der Waals surface area contributed by atoms with Gasteiger partial charge in [-0.1, -0.05) is 0 Å². The van der Waals surface area contributed by atoms with E-state index in [1.807, 2.05) is 11.0 Å². The molecule has 1 aliphatic heterocycles. The molecule has 6 heteroatoms. The van der Waals surface area contributed by atoms with Crippen molar-refractivity contribution in [1.29, 1.82) is 0 Å². The fourth-order valence-electron chi connectivity index (χ4n) is 1.87. The fraction of sp³-hybridized carbons (Fsp3) is 0.500. The first-order chi connectivity index (χ1) is 7.51. The number of carboxylic acid groups (broad SMARTS) is 1. The van der Waals surface area contributed by atoms with Gasteiger partial charge in [-0.05, 0) is 28.4 Å². The first-order valence-electron chi connectivity index (χ1n) is 4.98. The molecule has 88 valence electrons. The topological polar surface area (TPSA) is 79.7 Å². The van der Waals surface area contributed by atoms with Gasteiger partial charge in [-0.2, -0.15) is 0 Å². The van der Waals surface area contributed by atoms with Gasteiger partial charge < -0.3 is 15.3 Å². The Balaban J connectivity index is 2.00. The SMILES string of the molecule is NC1(C(=O)O)CCN(Cc2occc2Br)C1. The molecule has 0 saturated carbocycles. The minimum Gasteiger partial charge on any atom is -0.480 e. The summed E-state index contributed by atoms with van der Waals surface area (Å²) >= 11 is 3.36. The van der Waals surface area contributed by atoms with E-state index in [9.17, 15) is 4.79 Å². The van der Waals surface area contributed by atoms with E-state index in [-0.39, 0.29) is 0 Å². The average molecular weight is 289 g/mol. The highest BCUT2D eigenvalue weighted by Gasteiger charge is 2.41. The van der Waals surface area contributed by atoms with Crippen LogP contribution < -0.4 is 5.73 Å². The van der Waals surface area contributed by atoms with E-state index in [0.717, 1.165) is 10.2 Å². The first kappa shape index (κ1) is 11.6. The molecule has 1 aromatic rings. The number of nitrogens with zero attached hydrogens (tertiary/aromatic N) is 1. The highest BCUT2D eigenvalue weighted by Crippen LogP contribution is 2.24. The van der Waals surface area contributed by atoms with Crippen LogP contribution in [0, 0.1) is 0 Å². The predicted molar refractivity (Wildman–Crippen MR) is 60.9 cm³/mol. The molecule has 1 aliphatic rings. The molecule has 0 aliphatic carbocycles. The van der Waals surface area contributed by atoms with Crippen LogP contribution in [-0.2, 0) is 11.3 Å². The standard InChI is InChI=1S/C10H13BrN2O3/c11-7-1-4-16-8(7)5-13-3-2-10(12,6-13)9(14)15/h1,4H,2-3,5-6,12H2,(H,14,15). The zero-order valence-corrected chi connectivity index (χ0v) is 10.2. The number of nitrogens with two attached hydrogens (primary N) is 1. The number of carbonyl (C=O) groups is 1. The number of halogens is 1. The van der Waals surface area contributed by atoms with E-state index in [1.54, 1.807) is 6.26 Å². The van der Waals surface area contributed by atoms with Crippen LogP contribution in [0.3, 0.4) is 0 Å². The van der Waals surface area contributed by atoms with Crippen molar-refractivity contribution < 1.29 is 14.3 Å². The second-order valence-corrected chi connectivity index (χ2v) is 4.97. The van der Waals surface area contributed by atoms with Crippen LogP contribution in [-0.4, -0.2) is 34.6 Å². The lowest BCUT2D eigenvalue weighted by atomic mass is 10.0. The summed E-state index contributed by atoms with van der Waals surface area (Å²) in [5.41, 5.74) is 4.66. The van der Waals surface area contributed by atoms with Crippen LogP contribution in [0.1, 0.15) is 12.2 Å². The molecule has 0 bridgehead atoms. The largest absolute Gasteiger partial charge is 0.480 e. The Hall–Kier alpha value is -0.850. The van der Waals surface area contributed by atoms with Gasteiger partial charge >= 0.3 is 5.97 Å². The Kier molecular flexibility index (Phi) is 3.05. The van der Waals surface area contributed by atoms with Gasteiger partial charge in [0.2, 0.25) is 0 Å². The number of furan rings is 1.